The second-order valence-electron chi connectivity index (χ2n) is 7.07. The largest absolute Gasteiger partial charge is 0.467 e. The summed E-state index contributed by atoms with van der Waals surface area (Å²) < 4.78 is 10.1. The van der Waals surface area contributed by atoms with Crippen LogP contribution < -0.4 is 21.3 Å². The lowest BCUT2D eigenvalue weighted by atomic mass is 10.2. The molecule has 1 heterocycles. The fourth-order valence-corrected chi connectivity index (χ4v) is 2.95. The van der Waals surface area contributed by atoms with E-state index < -0.39 is 0 Å². The molecule has 0 spiro atoms. The van der Waals surface area contributed by atoms with Crippen LogP contribution in [0.4, 0.5) is 11.4 Å². The van der Waals surface area contributed by atoms with Gasteiger partial charge in [-0.15, -0.1) is 0 Å². The molecule has 4 N–H and O–H groups in total. The smallest absolute Gasteiger partial charge is 0.251 e. The number of anilines is 2. The average Bonchev–Trinajstić information content (AvgIpc) is 3.35. The van der Waals surface area contributed by atoms with Crippen LogP contribution in [0.2, 0.25) is 0 Å². The van der Waals surface area contributed by atoms with Crippen molar-refractivity contribution in [3.63, 3.8) is 0 Å². The van der Waals surface area contributed by atoms with Gasteiger partial charge in [-0.2, -0.15) is 0 Å². The zero-order chi connectivity index (χ0) is 23.5. The first-order valence-corrected chi connectivity index (χ1v) is 10.4. The van der Waals surface area contributed by atoms with Gasteiger partial charge in [-0.3, -0.25) is 14.4 Å². The molecule has 0 saturated heterocycles. The number of hydrogen-bond acceptors (Lipinski definition) is 6. The topological polar surface area (TPSA) is 122 Å². The first-order valence-electron chi connectivity index (χ1n) is 10.4. The lowest BCUT2D eigenvalue weighted by molar-refractivity contribution is -0.114. The van der Waals surface area contributed by atoms with Gasteiger partial charge >= 0.3 is 0 Å². The minimum atomic E-state index is -0.293. The number of furan rings is 1. The molecule has 3 rings (SSSR count). The van der Waals surface area contributed by atoms with Crippen molar-refractivity contribution in [2.45, 2.75) is 6.54 Å². The van der Waals surface area contributed by atoms with Crippen LogP contribution in [0, 0.1) is 0 Å². The summed E-state index contributed by atoms with van der Waals surface area (Å²) in [6.07, 6.45) is 1.54. The summed E-state index contributed by atoms with van der Waals surface area (Å²) in [5.41, 5.74) is 2.03. The summed E-state index contributed by atoms with van der Waals surface area (Å²) in [6.45, 7) is 1.10. The molecule has 1 aromatic heterocycles. The Bertz CT molecular complexity index is 1080. The van der Waals surface area contributed by atoms with Crippen LogP contribution in [0.3, 0.4) is 0 Å². The molecule has 33 heavy (non-hydrogen) atoms. The number of nitrogens with one attached hydrogen (secondary N) is 4. The highest BCUT2D eigenvalue weighted by atomic mass is 16.5. The van der Waals surface area contributed by atoms with Crippen molar-refractivity contribution in [1.82, 2.24) is 10.6 Å². The Hall–Kier alpha value is -4.11. The van der Waals surface area contributed by atoms with E-state index in [0.29, 0.717) is 41.4 Å². The Labute approximate surface area is 191 Å². The number of benzene rings is 2. The molecule has 0 radical (unpaired) electrons. The van der Waals surface area contributed by atoms with Crippen molar-refractivity contribution in [2.24, 2.45) is 0 Å². The highest BCUT2D eigenvalue weighted by Crippen LogP contribution is 2.13. The van der Waals surface area contributed by atoms with E-state index in [1.54, 1.807) is 74.0 Å². The van der Waals surface area contributed by atoms with E-state index in [1.165, 1.54) is 0 Å². The predicted molar refractivity (Wildman–Crippen MR) is 124 cm³/mol. The molecule has 0 saturated carbocycles. The van der Waals surface area contributed by atoms with Crippen molar-refractivity contribution < 1.29 is 23.5 Å². The normalized spacial score (nSPS) is 10.3. The second kappa shape index (κ2) is 12.1. The zero-order valence-electron chi connectivity index (χ0n) is 18.2. The van der Waals surface area contributed by atoms with Gasteiger partial charge in [-0.25, -0.2) is 0 Å². The summed E-state index contributed by atoms with van der Waals surface area (Å²) in [5, 5.41) is 11.3. The highest BCUT2D eigenvalue weighted by molar-refractivity contribution is 5.98. The molecule has 0 atom stereocenters. The molecule has 0 aliphatic rings. The van der Waals surface area contributed by atoms with Crippen LogP contribution in [0.5, 0.6) is 0 Å². The molecule has 9 heteroatoms. The Balaban J connectivity index is 1.50. The van der Waals surface area contributed by atoms with Gasteiger partial charge in [0.25, 0.3) is 11.8 Å². The van der Waals surface area contributed by atoms with Gasteiger partial charge in [0.2, 0.25) is 5.91 Å². The summed E-state index contributed by atoms with van der Waals surface area (Å²) >= 11 is 0. The van der Waals surface area contributed by atoms with Gasteiger partial charge in [-0.05, 0) is 48.5 Å². The van der Waals surface area contributed by atoms with E-state index in [0.717, 1.165) is 0 Å². The Morgan fingerprint density at radius 2 is 1.58 bits per heavy atom. The molecule has 2 aromatic carbocycles. The maximum absolute atomic E-state index is 12.4. The number of carbonyl (C=O) groups is 3. The zero-order valence-corrected chi connectivity index (χ0v) is 18.2. The standard InChI is InChI=1S/C24H26N4O5/c1-32-12-10-25-23(30)17-5-2-7-19(13-17)26-16-22(29)28-20-8-3-6-18(14-20)24(31)27-15-21-9-4-11-33-21/h2-9,11,13-14,26H,10,12,15-16H2,1H3,(H,25,30)(H,27,31)(H,28,29). The van der Waals surface area contributed by atoms with E-state index in [-0.39, 0.29) is 30.8 Å². The Kier molecular flexibility index (Phi) is 8.61. The predicted octanol–water partition coefficient (Wildman–Crippen LogP) is 2.64. The van der Waals surface area contributed by atoms with E-state index >= 15 is 0 Å². The van der Waals surface area contributed by atoms with Gasteiger partial charge in [-0.1, -0.05) is 12.1 Å². The average molecular weight is 450 g/mol. The molecule has 3 aromatic rings. The first kappa shape index (κ1) is 23.6. The van der Waals surface area contributed by atoms with Crippen molar-refractivity contribution in [1.29, 1.82) is 0 Å². The number of ether oxygens (including phenoxy) is 1. The summed E-state index contributed by atoms with van der Waals surface area (Å²) in [7, 11) is 1.56. The molecular weight excluding hydrogens is 424 g/mol. The fourth-order valence-electron chi connectivity index (χ4n) is 2.95. The highest BCUT2D eigenvalue weighted by Gasteiger charge is 2.10. The Morgan fingerprint density at radius 3 is 2.27 bits per heavy atom. The molecule has 3 amide bonds. The molecule has 0 bridgehead atoms. The quantitative estimate of drug-likeness (QED) is 0.333. The maximum Gasteiger partial charge on any atom is 0.251 e. The lowest BCUT2D eigenvalue weighted by Crippen LogP contribution is -2.27. The molecule has 0 aliphatic carbocycles. The van der Waals surface area contributed by atoms with E-state index in [1.807, 2.05) is 0 Å². The van der Waals surface area contributed by atoms with Crippen LogP contribution in [-0.4, -0.2) is 44.5 Å². The van der Waals surface area contributed by atoms with Crippen molar-refractivity contribution >= 4 is 29.1 Å². The summed E-state index contributed by atoms with van der Waals surface area (Å²) in [5.74, 6) is -0.142. The van der Waals surface area contributed by atoms with Crippen molar-refractivity contribution in [2.75, 3.05) is 37.4 Å². The third kappa shape index (κ3) is 7.51. The van der Waals surface area contributed by atoms with Crippen LogP contribution >= 0.6 is 0 Å². The summed E-state index contributed by atoms with van der Waals surface area (Å²) in [6, 6.07) is 17.0. The lowest BCUT2D eigenvalue weighted by Gasteiger charge is -2.10. The van der Waals surface area contributed by atoms with Crippen LogP contribution in [0.1, 0.15) is 26.5 Å². The molecular formula is C24H26N4O5. The Morgan fingerprint density at radius 1 is 0.879 bits per heavy atom. The monoisotopic (exact) mass is 450 g/mol. The molecule has 9 nitrogen and oxygen atoms in total. The van der Waals surface area contributed by atoms with Crippen LogP contribution in [0.25, 0.3) is 0 Å². The van der Waals surface area contributed by atoms with Crippen molar-refractivity contribution in [3.8, 4) is 0 Å². The number of amides is 3. The minimum absolute atomic E-state index is 0.0103. The first-order chi connectivity index (χ1) is 16.0. The van der Waals surface area contributed by atoms with E-state index in [9.17, 15) is 14.4 Å². The fraction of sp³-hybridized carbons (Fsp3) is 0.208. The van der Waals surface area contributed by atoms with E-state index in [4.69, 9.17) is 9.15 Å². The number of carbonyl (C=O) groups excluding carboxylic acids is 3. The molecule has 0 aliphatic heterocycles. The maximum atomic E-state index is 12.4. The SMILES string of the molecule is COCCNC(=O)c1cccc(NCC(=O)Nc2cccc(C(=O)NCc3ccco3)c2)c1. The van der Waals surface area contributed by atoms with E-state index in [2.05, 4.69) is 21.3 Å². The van der Waals surface area contributed by atoms with Crippen LogP contribution in [0.15, 0.2) is 71.3 Å². The van der Waals surface area contributed by atoms with Gasteiger partial charge in [0.15, 0.2) is 0 Å². The van der Waals surface area contributed by atoms with Crippen LogP contribution in [-0.2, 0) is 16.1 Å². The molecule has 0 unspecified atom stereocenters. The minimum Gasteiger partial charge on any atom is -0.467 e. The summed E-state index contributed by atoms with van der Waals surface area (Å²) in [4.78, 5) is 36.8. The third-order valence-corrected chi connectivity index (χ3v) is 4.58. The number of methoxy groups -OCH3 is 1. The molecule has 172 valence electrons. The molecule has 0 fully saturated rings. The van der Waals surface area contributed by atoms with Gasteiger partial charge < -0.3 is 30.4 Å². The van der Waals surface area contributed by atoms with Gasteiger partial charge in [0.05, 0.1) is 26.0 Å². The number of hydrogen-bond donors (Lipinski definition) is 4. The van der Waals surface area contributed by atoms with Crippen molar-refractivity contribution in [3.05, 3.63) is 83.8 Å². The third-order valence-electron chi connectivity index (χ3n) is 4.58. The number of rotatable bonds is 11. The second-order valence-corrected chi connectivity index (χ2v) is 7.07. The van der Waals surface area contributed by atoms with Gasteiger partial charge in [0.1, 0.15) is 5.76 Å². The van der Waals surface area contributed by atoms with Gasteiger partial charge in [0, 0.05) is 36.2 Å².